The Kier molecular flexibility index (Phi) is 21.2. The van der Waals surface area contributed by atoms with E-state index in [1.165, 1.54) is 32.1 Å². The first kappa shape index (κ1) is 13.1. The maximum atomic E-state index is 9.06. The Balaban J connectivity index is 0. The second kappa shape index (κ2) is 16.2. The summed E-state index contributed by atoms with van der Waals surface area (Å²) in [5.41, 5.74) is 0. The number of hydrogen-bond acceptors (Lipinski definition) is 0. The van der Waals surface area contributed by atoms with Gasteiger partial charge in [-0.2, -0.15) is 6.42 Å². The van der Waals surface area contributed by atoms with E-state index in [0.717, 1.165) is 6.42 Å². The van der Waals surface area contributed by atoms with E-state index in [2.05, 4.69) is 30.3 Å². The molecule has 0 fully saturated rings. The van der Waals surface area contributed by atoms with Gasteiger partial charge in [0.05, 0.1) is 0 Å². The van der Waals surface area contributed by atoms with E-state index in [4.69, 9.17) is 3.55 Å². The van der Waals surface area contributed by atoms with Crippen LogP contribution in [-0.4, -0.2) is 0 Å². The molecule has 0 amide bonds. The summed E-state index contributed by atoms with van der Waals surface area (Å²) in [6, 6.07) is 0. The summed E-state index contributed by atoms with van der Waals surface area (Å²) >= 11 is 2.69. The monoisotopic (exact) mass is 195 g/mol. The SMILES string of the molecule is [CH2-]CCCCCCC.[F][Cu+]. The molecule has 0 heterocycles. The quantitative estimate of drug-likeness (QED) is 0.357. The Morgan fingerprint density at radius 2 is 1.60 bits per heavy atom. The molecular weight excluding hydrogens is 179 g/mol. The minimum atomic E-state index is 1.11. The number of rotatable bonds is 5. The van der Waals surface area contributed by atoms with Crippen LogP contribution in [0.15, 0.2) is 0 Å². The van der Waals surface area contributed by atoms with Gasteiger partial charge < -0.3 is 6.92 Å². The molecule has 0 aliphatic carbocycles. The normalized spacial score (nSPS) is 8.50. The van der Waals surface area contributed by atoms with Crippen LogP contribution in [0, 0.1) is 6.92 Å². The number of hydrogen-bond donors (Lipinski definition) is 0. The second-order valence-electron chi connectivity index (χ2n) is 2.27. The molecule has 0 unspecified atom stereocenters. The van der Waals surface area contributed by atoms with Crippen LogP contribution in [0.5, 0.6) is 0 Å². The summed E-state index contributed by atoms with van der Waals surface area (Å²) in [5, 5.41) is 0. The van der Waals surface area contributed by atoms with E-state index in [-0.39, 0.29) is 0 Å². The molecule has 10 heavy (non-hydrogen) atoms. The van der Waals surface area contributed by atoms with E-state index in [1.807, 2.05) is 0 Å². The van der Waals surface area contributed by atoms with Crippen molar-refractivity contribution in [3.63, 3.8) is 0 Å². The van der Waals surface area contributed by atoms with E-state index in [0.29, 0.717) is 0 Å². The zero-order valence-electron chi connectivity index (χ0n) is 6.63. The summed E-state index contributed by atoms with van der Waals surface area (Å²) in [6.45, 7) is 6.02. The van der Waals surface area contributed by atoms with Crippen molar-refractivity contribution in [2.75, 3.05) is 0 Å². The topological polar surface area (TPSA) is 0 Å². The molecule has 0 rings (SSSR count). The Labute approximate surface area is 72.9 Å². The Morgan fingerprint density at radius 3 is 2.00 bits per heavy atom. The van der Waals surface area contributed by atoms with Crippen LogP contribution in [0.25, 0.3) is 0 Å². The van der Waals surface area contributed by atoms with Crippen molar-refractivity contribution >= 4 is 0 Å². The first-order valence-corrected chi connectivity index (χ1v) is 4.18. The Morgan fingerprint density at radius 1 is 1.10 bits per heavy atom. The van der Waals surface area contributed by atoms with Gasteiger partial charge in [-0.15, -0.1) is 0 Å². The second-order valence-corrected chi connectivity index (χ2v) is 2.27. The third-order valence-corrected chi connectivity index (χ3v) is 1.35. The van der Waals surface area contributed by atoms with Gasteiger partial charge >= 0.3 is 20.0 Å². The summed E-state index contributed by atoms with van der Waals surface area (Å²) in [5.74, 6) is 0. The summed E-state index contributed by atoms with van der Waals surface area (Å²) in [7, 11) is 0. The average Bonchev–Trinajstić information content (AvgIpc) is 2.02. The van der Waals surface area contributed by atoms with Crippen molar-refractivity contribution in [3.8, 4) is 0 Å². The Bertz CT molecular complexity index is 34.2. The van der Waals surface area contributed by atoms with Gasteiger partial charge in [-0.25, -0.2) is 0 Å². The fourth-order valence-electron chi connectivity index (χ4n) is 0.780. The van der Waals surface area contributed by atoms with Gasteiger partial charge in [-0.3, -0.25) is 0 Å². The van der Waals surface area contributed by atoms with Crippen LogP contribution >= 0.6 is 0 Å². The van der Waals surface area contributed by atoms with Gasteiger partial charge in [0.1, 0.15) is 0 Å². The number of unbranched alkanes of at least 4 members (excludes halogenated alkanes) is 5. The van der Waals surface area contributed by atoms with E-state index >= 15 is 0 Å². The molecule has 0 N–H and O–H groups in total. The molecule has 0 radical (unpaired) electrons. The van der Waals surface area contributed by atoms with Gasteiger partial charge in [0.25, 0.3) is 0 Å². The third-order valence-electron chi connectivity index (χ3n) is 1.35. The molecule has 0 aliphatic heterocycles. The molecule has 0 aromatic carbocycles. The van der Waals surface area contributed by atoms with Crippen molar-refractivity contribution < 1.29 is 20.0 Å². The molecule has 2 heteroatoms. The van der Waals surface area contributed by atoms with Crippen LogP contribution in [0.1, 0.15) is 45.4 Å². The average molecular weight is 196 g/mol. The van der Waals surface area contributed by atoms with Crippen LogP contribution < -0.4 is 0 Å². The van der Waals surface area contributed by atoms with Gasteiger partial charge in [0.15, 0.2) is 0 Å². The first-order chi connectivity index (χ1) is 4.91. The fraction of sp³-hybridized carbons (Fsp3) is 0.875. The predicted octanol–water partition coefficient (Wildman–Crippen LogP) is 3.60. The number of halogens is 1. The predicted molar refractivity (Wildman–Crippen MR) is 39.8 cm³/mol. The molecule has 0 bridgehead atoms. The standard InChI is InChI=1S/C8H17.Cu.FH/c1-3-5-7-8-6-4-2;;/h1,3-8H2,2H3;;1H/q-1;+2;/p-1. The van der Waals surface area contributed by atoms with Gasteiger partial charge in [-0.1, -0.05) is 39.0 Å². The van der Waals surface area contributed by atoms with Gasteiger partial charge in [0, 0.05) is 0 Å². The molecule has 0 saturated heterocycles. The minimum absolute atomic E-state index is 1.11. The fourth-order valence-corrected chi connectivity index (χ4v) is 0.780. The van der Waals surface area contributed by atoms with E-state index in [9.17, 15) is 0 Å². The van der Waals surface area contributed by atoms with Crippen molar-refractivity contribution in [2.45, 2.75) is 45.4 Å². The van der Waals surface area contributed by atoms with Gasteiger partial charge in [0.2, 0.25) is 0 Å². The Hall–Kier alpha value is 0.449. The molecule has 0 atom stereocenters. The zero-order chi connectivity index (χ0) is 8.24. The zero-order valence-corrected chi connectivity index (χ0v) is 7.57. The van der Waals surface area contributed by atoms with E-state index < -0.39 is 0 Å². The third kappa shape index (κ3) is 15.8. The molecule has 0 spiro atoms. The van der Waals surface area contributed by atoms with Gasteiger partial charge in [-0.05, 0) is 0 Å². The molecule has 67 valence electrons. The summed E-state index contributed by atoms with van der Waals surface area (Å²) in [6.07, 6.45) is 7.98. The van der Waals surface area contributed by atoms with Crippen LogP contribution in [0.3, 0.4) is 0 Å². The van der Waals surface area contributed by atoms with Crippen LogP contribution in [0.2, 0.25) is 0 Å². The maximum absolute atomic E-state index is 9.06. The molecule has 0 aliphatic rings. The summed E-state index contributed by atoms with van der Waals surface area (Å²) < 4.78 is 9.06. The molecule has 0 aromatic rings. The molecule has 0 nitrogen and oxygen atoms in total. The summed E-state index contributed by atoms with van der Waals surface area (Å²) in [4.78, 5) is 0. The van der Waals surface area contributed by atoms with Crippen LogP contribution in [0.4, 0.5) is 3.55 Å². The van der Waals surface area contributed by atoms with Crippen LogP contribution in [-0.2, 0) is 16.5 Å². The van der Waals surface area contributed by atoms with Crippen molar-refractivity contribution in [1.82, 2.24) is 0 Å². The first-order valence-electron chi connectivity index (χ1n) is 3.82. The van der Waals surface area contributed by atoms with Crippen molar-refractivity contribution in [3.05, 3.63) is 6.92 Å². The molecule has 0 aromatic heterocycles. The molecule has 0 saturated carbocycles. The molecular formula is C8H17CuF. The van der Waals surface area contributed by atoms with Crippen molar-refractivity contribution in [1.29, 1.82) is 0 Å². The van der Waals surface area contributed by atoms with Crippen molar-refractivity contribution in [2.24, 2.45) is 0 Å². The van der Waals surface area contributed by atoms with E-state index in [1.54, 1.807) is 0 Å².